The van der Waals surface area contributed by atoms with Gasteiger partial charge in [-0.25, -0.2) is 13.8 Å². The molecule has 0 amide bonds. The van der Waals surface area contributed by atoms with E-state index in [2.05, 4.69) is 20.9 Å². The summed E-state index contributed by atoms with van der Waals surface area (Å²) in [6.07, 6.45) is 0. The third-order valence-corrected chi connectivity index (χ3v) is 3.86. The highest BCUT2D eigenvalue weighted by Gasteiger charge is 2.15. The summed E-state index contributed by atoms with van der Waals surface area (Å²) >= 11 is 9.27. The molecule has 0 spiro atoms. The maximum Gasteiger partial charge on any atom is 0.129 e. The molecule has 0 saturated heterocycles. The van der Waals surface area contributed by atoms with Crippen LogP contribution in [0.1, 0.15) is 5.82 Å². The molecule has 0 aliphatic heterocycles. The molecule has 0 aliphatic rings. The Morgan fingerprint density at radius 1 is 1.10 bits per heavy atom. The molecule has 0 unspecified atom stereocenters. The van der Waals surface area contributed by atoms with Gasteiger partial charge >= 0.3 is 0 Å². The van der Waals surface area contributed by atoms with Gasteiger partial charge in [0.25, 0.3) is 0 Å². The van der Waals surface area contributed by atoms with Crippen LogP contribution in [0.2, 0.25) is 0 Å². The predicted molar refractivity (Wildman–Crippen MR) is 78.2 cm³/mol. The van der Waals surface area contributed by atoms with Crippen LogP contribution in [-0.2, 0) is 5.88 Å². The van der Waals surface area contributed by atoms with Crippen molar-refractivity contribution in [1.82, 2.24) is 9.55 Å². The number of halogens is 4. The number of benzene rings is 2. The molecule has 3 rings (SSSR count). The lowest BCUT2D eigenvalue weighted by Gasteiger charge is -2.10. The minimum absolute atomic E-state index is 0.138. The van der Waals surface area contributed by atoms with E-state index in [1.165, 1.54) is 24.3 Å². The van der Waals surface area contributed by atoms with E-state index in [4.69, 9.17) is 11.6 Å². The molecule has 2 nitrogen and oxygen atoms in total. The Balaban J connectivity index is 2.39. The number of hydrogen-bond acceptors (Lipinski definition) is 1. The van der Waals surface area contributed by atoms with Crippen molar-refractivity contribution in [2.45, 2.75) is 5.88 Å². The van der Waals surface area contributed by atoms with Crippen LogP contribution in [0.4, 0.5) is 8.78 Å². The number of fused-ring (bicyclic) bond motifs is 1. The third kappa shape index (κ3) is 2.21. The van der Waals surface area contributed by atoms with Crippen molar-refractivity contribution in [3.05, 3.63) is 58.3 Å². The van der Waals surface area contributed by atoms with Crippen molar-refractivity contribution < 1.29 is 8.78 Å². The minimum atomic E-state index is -0.387. The van der Waals surface area contributed by atoms with E-state index >= 15 is 0 Å². The summed E-state index contributed by atoms with van der Waals surface area (Å²) in [5.74, 6) is -0.105. The van der Waals surface area contributed by atoms with Crippen LogP contribution in [0.15, 0.2) is 40.9 Å². The summed E-state index contributed by atoms with van der Waals surface area (Å²) in [6.45, 7) is 0. The quantitative estimate of drug-likeness (QED) is 0.602. The SMILES string of the molecule is Fc1ccc(Br)c(-n2c(CCl)nc3ccc(F)cc32)c1. The first-order chi connectivity index (χ1) is 9.60. The van der Waals surface area contributed by atoms with Gasteiger partial charge < -0.3 is 0 Å². The van der Waals surface area contributed by atoms with Gasteiger partial charge in [-0.2, -0.15) is 0 Å². The fraction of sp³-hybridized carbons (Fsp3) is 0.0714. The molecule has 2 aromatic carbocycles. The van der Waals surface area contributed by atoms with Crippen LogP contribution in [0.5, 0.6) is 0 Å². The van der Waals surface area contributed by atoms with Crippen molar-refractivity contribution in [3.8, 4) is 5.69 Å². The van der Waals surface area contributed by atoms with Crippen molar-refractivity contribution in [1.29, 1.82) is 0 Å². The molecule has 1 heterocycles. The molecule has 0 radical (unpaired) electrons. The van der Waals surface area contributed by atoms with E-state index < -0.39 is 0 Å². The van der Waals surface area contributed by atoms with Gasteiger partial charge in [0.15, 0.2) is 0 Å². The van der Waals surface area contributed by atoms with E-state index in [1.807, 2.05) is 0 Å². The zero-order chi connectivity index (χ0) is 14.3. The fourth-order valence-corrected chi connectivity index (χ4v) is 2.72. The molecule has 0 bridgehead atoms. The van der Waals surface area contributed by atoms with Crippen LogP contribution in [0.3, 0.4) is 0 Å². The number of imidazole rings is 1. The summed E-state index contributed by atoms with van der Waals surface area (Å²) in [5, 5.41) is 0. The standard InChI is InChI=1S/C14H8BrClF2N2/c15-10-3-1-8(17)5-12(10)20-13-6-9(18)2-4-11(13)19-14(20)7-16/h1-6H,7H2. The van der Waals surface area contributed by atoms with Gasteiger partial charge in [0.1, 0.15) is 17.5 Å². The Bertz CT molecular complexity index is 801. The van der Waals surface area contributed by atoms with Crippen molar-refractivity contribution in [3.63, 3.8) is 0 Å². The lowest BCUT2D eigenvalue weighted by molar-refractivity contribution is 0.626. The van der Waals surface area contributed by atoms with Crippen LogP contribution >= 0.6 is 27.5 Å². The summed E-state index contributed by atoms with van der Waals surface area (Å²) < 4.78 is 29.3. The first-order valence-corrected chi connectivity index (χ1v) is 7.11. The summed E-state index contributed by atoms with van der Waals surface area (Å²) in [6, 6.07) is 8.55. The van der Waals surface area contributed by atoms with Gasteiger partial charge in [-0.05, 0) is 46.3 Å². The van der Waals surface area contributed by atoms with E-state index in [9.17, 15) is 8.78 Å². The van der Waals surface area contributed by atoms with Crippen molar-refractivity contribution >= 4 is 38.6 Å². The van der Waals surface area contributed by atoms with Crippen molar-refractivity contribution in [2.75, 3.05) is 0 Å². The van der Waals surface area contributed by atoms with Gasteiger partial charge in [-0.15, -0.1) is 11.6 Å². The number of hydrogen-bond donors (Lipinski definition) is 0. The minimum Gasteiger partial charge on any atom is -0.294 e. The molecular formula is C14H8BrClF2N2. The summed E-state index contributed by atoms with van der Waals surface area (Å²) in [7, 11) is 0. The van der Waals surface area contributed by atoms with E-state index in [0.717, 1.165) is 0 Å². The Labute approximate surface area is 127 Å². The average molecular weight is 358 g/mol. The molecule has 102 valence electrons. The molecule has 0 atom stereocenters. The monoisotopic (exact) mass is 356 g/mol. The molecular weight excluding hydrogens is 350 g/mol. The van der Waals surface area contributed by atoms with Crippen LogP contribution < -0.4 is 0 Å². The number of alkyl halides is 1. The molecule has 3 aromatic rings. The van der Waals surface area contributed by atoms with E-state index in [0.29, 0.717) is 27.0 Å². The van der Waals surface area contributed by atoms with E-state index in [-0.39, 0.29) is 17.5 Å². The van der Waals surface area contributed by atoms with Gasteiger partial charge in [-0.1, -0.05) is 0 Å². The summed E-state index contributed by atoms with van der Waals surface area (Å²) in [4.78, 5) is 4.34. The molecule has 0 fully saturated rings. The van der Waals surface area contributed by atoms with E-state index in [1.54, 1.807) is 16.7 Å². The molecule has 20 heavy (non-hydrogen) atoms. The Kier molecular flexibility index (Phi) is 3.48. The lowest BCUT2D eigenvalue weighted by atomic mass is 10.2. The Morgan fingerprint density at radius 3 is 2.55 bits per heavy atom. The Hall–Kier alpha value is -1.46. The second-order valence-corrected chi connectivity index (χ2v) is 5.35. The average Bonchev–Trinajstić information content (AvgIpc) is 2.79. The van der Waals surface area contributed by atoms with Crippen LogP contribution in [0.25, 0.3) is 16.7 Å². The maximum atomic E-state index is 13.5. The second-order valence-electron chi connectivity index (χ2n) is 4.23. The summed E-state index contributed by atoms with van der Waals surface area (Å²) in [5.41, 5.74) is 1.69. The fourth-order valence-electron chi connectivity index (χ4n) is 2.11. The molecule has 1 aromatic heterocycles. The second kappa shape index (κ2) is 5.14. The first kappa shape index (κ1) is 13.5. The lowest BCUT2D eigenvalue weighted by Crippen LogP contribution is -2.01. The topological polar surface area (TPSA) is 17.8 Å². The highest BCUT2D eigenvalue weighted by Crippen LogP contribution is 2.29. The normalized spacial score (nSPS) is 11.2. The zero-order valence-corrected chi connectivity index (χ0v) is 12.4. The van der Waals surface area contributed by atoms with Gasteiger partial charge in [0.2, 0.25) is 0 Å². The third-order valence-electron chi connectivity index (χ3n) is 2.95. The maximum absolute atomic E-state index is 13.5. The smallest absolute Gasteiger partial charge is 0.129 e. The van der Waals surface area contributed by atoms with Crippen molar-refractivity contribution in [2.24, 2.45) is 0 Å². The number of nitrogens with zero attached hydrogens (tertiary/aromatic N) is 2. The largest absolute Gasteiger partial charge is 0.294 e. The van der Waals surface area contributed by atoms with Gasteiger partial charge in [-0.3, -0.25) is 4.57 Å². The van der Waals surface area contributed by atoms with Gasteiger partial charge in [0.05, 0.1) is 22.6 Å². The molecule has 6 heteroatoms. The number of rotatable bonds is 2. The highest BCUT2D eigenvalue weighted by atomic mass is 79.9. The Morgan fingerprint density at radius 2 is 1.80 bits per heavy atom. The predicted octanol–water partition coefficient (Wildman–Crippen LogP) is 4.81. The van der Waals surface area contributed by atoms with Crippen LogP contribution in [-0.4, -0.2) is 9.55 Å². The first-order valence-electron chi connectivity index (χ1n) is 5.78. The molecule has 0 saturated carbocycles. The number of aromatic nitrogens is 2. The van der Waals surface area contributed by atoms with Crippen LogP contribution in [0, 0.1) is 11.6 Å². The molecule has 0 N–H and O–H groups in total. The highest BCUT2D eigenvalue weighted by molar-refractivity contribution is 9.10. The van der Waals surface area contributed by atoms with Gasteiger partial charge in [0, 0.05) is 10.5 Å². The zero-order valence-electron chi connectivity index (χ0n) is 10.1. The molecule has 0 aliphatic carbocycles.